The van der Waals surface area contributed by atoms with Crippen molar-refractivity contribution in [3.05, 3.63) is 36.2 Å². The summed E-state index contributed by atoms with van der Waals surface area (Å²) in [5.41, 5.74) is 2.24. The summed E-state index contributed by atoms with van der Waals surface area (Å²) in [6, 6.07) is 8.22. The Morgan fingerprint density at radius 1 is 1.30 bits per heavy atom. The van der Waals surface area contributed by atoms with Crippen LogP contribution in [-0.4, -0.2) is 44.2 Å². The molecule has 124 valence electrons. The number of nitrogens with zero attached hydrogens (tertiary/aromatic N) is 3. The fraction of sp³-hybridized carbons (Fsp3) is 0.438. The van der Waals surface area contributed by atoms with Crippen LogP contribution < -0.4 is 5.32 Å². The molecular weight excluding hydrogens is 312 g/mol. The normalized spacial score (nSPS) is 12.4. The van der Waals surface area contributed by atoms with Crippen LogP contribution in [0, 0.1) is 0 Å². The Morgan fingerprint density at radius 3 is 2.61 bits per heavy atom. The van der Waals surface area contributed by atoms with Gasteiger partial charge in [-0.15, -0.1) is 10.2 Å². The number of aromatic nitrogens is 3. The van der Waals surface area contributed by atoms with E-state index < -0.39 is 6.10 Å². The molecular formula is C16H22N4O2S. The zero-order valence-electron chi connectivity index (χ0n) is 13.6. The lowest BCUT2D eigenvalue weighted by Crippen LogP contribution is -2.31. The number of hydrogen-bond acceptors (Lipinski definition) is 5. The summed E-state index contributed by atoms with van der Waals surface area (Å²) in [6.45, 7) is 6.19. The summed E-state index contributed by atoms with van der Waals surface area (Å²) in [5, 5.41) is 20.5. The molecule has 2 rings (SSSR count). The van der Waals surface area contributed by atoms with Crippen LogP contribution in [0.4, 0.5) is 0 Å². The van der Waals surface area contributed by atoms with E-state index in [-0.39, 0.29) is 18.2 Å². The summed E-state index contributed by atoms with van der Waals surface area (Å²) in [6.07, 6.45) is 1.09. The highest BCUT2D eigenvalue weighted by Gasteiger charge is 2.11. The molecule has 0 saturated heterocycles. The van der Waals surface area contributed by atoms with E-state index in [0.29, 0.717) is 11.1 Å². The lowest BCUT2D eigenvalue weighted by atomic mass is 10.0. The molecule has 1 unspecified atom stereocenters. The molecule has 2 aromatic rings. The number of nitrogens with one attached hydrogen (secondary N) is 1. The number of rotatable bonds is 7. The molecule has 1 aromatic heterocycles. The highest BCUT2D eigenvalue weighted by atomic mass is 32.2. The van der Waals surface area contributed by atoms with Gasteiger partial charge in [0, 0.05) is 12.2 Å². The second-order valence-corrected chi connectivity index (χ2v) is 6.61. The predicted molar refractivity (Wildman–Crippen MR) is 90.9 cm³/mol. The van der Waals surface area contributed by atoms with Crippen LogP contribution in [0.1, 0.15) is 32.3 Å². The van der Waals surface area contributed by atoms with E-state index >= 15 is 0 Å². The summed E-state index contributed by atoms with van der Waals surface area (Å²) in [5.74, 6) is 0.576. The average Bonchev–Trinajstić information content (AvgIpc) is 2.99. The molecule has 1 atom stereocenters. The molecule has 0 bridgehead atoms. The zero-order valence-corrected chi connectivity index (χ0v) is 14.4. The number of amides is 1. The monoisotopic (exact) mass is 334 g/mol. The lowest BCUT2D eigenvalue weighted by Gasteiger charge is -2.09. The molecule has 23 heavy (non-hydrogen) atoms. The minimum atomic E-state index is -0.549. The molecule has 0 aliphatic heterocycles. The van der Waals surface area contributed by atoms with Crippen molar-refractivity contribution in [3.8, 4) is 5.69 Å². The average molecular weight is 334 g/mol. The number of benzene rings is 1. The van der Waals surface area contributed by atoms with Crippen molar-refractivity contribution < 1.29 is 9.90 Å². The van der Waals surface area contributed by atoms with Gasteiger partial charge in [0.1, 0.15) is 6.33 Å². The minimum Gasteiger partial charge on any atom is -0.392 e. The number of carbonyl (C=O) groups is 1. The molecule has 6 nitrogen and oxygen atoms in total. The van der Waals surface area contributed by atoms with Gasteiger partial charge in [-0.2, -0.15) is 0 Å². The fourth-order valence-electron chi connectivity index (χ4n) is 1.96. The van der Waals surface area contributed by atoms with E-state index in [1.165, 1.54) is 17.3 Å². The lowest BCUT2D eigenvalue weighted by molar-refractivity contribution is -0.118. The first-order valence-corrected chi connectivity index (χ1v) is 8.54. The van der Waals surface area contributed by atoms with E-state index in [2.05, 4.69) is 41.5 Å². The number of hydrogen-bond donors (Lipinski definition) is 2. The molecule has 0 saturated carbocycles. The smallest absolute Gasteiger partial charge is 0.230 e. The zero-order chi connectivity index (χ0) is 16.8. The Labute approximate surface area is 140 Å². The Kier molecular flexibility index (Phi) is 6.18. The first-order valence-electron chi connectivity index (χ1n) is 7.55. The summed E-state index contributed by atoms with van der Waals surface area (Å²) in [4.78, 5) is 11.7. The van der Waals surface area contributed by atoms with Crippen molar-refractivity contribution in [1.82, 2.24) is 20.1 Å². The van der Waals surface area contributed by atoms with Gasteiger partial charge in [0.05, 0.1) is 11.9 Å². The van der Waals surface area contributed by atoms with E-state index in [0.717, 1.165) is 5.69 Å². The third-order valence-electron chi connectivity index (χ3n) is 3.28. The van der Waals surface area contributed by atoms with Crippen LogP contribution in [0.25, 0.3) is 5.69 Å². The molecule has 1 heterocycles. The van der Waals surface area contributed by atoms with Gasteiger partial charge in [-0.05, 0) is 30.5 Å². The van der Waals surface area contributed by atoms with Crippen molar-refractivity contribution in [2.24, 2.45) is 0 Å². The van der Waals surface area contributed by atoms with Crippen LogP contribution in [0.5, 0.6) is 0 Å². The van der Waals surface area contributed by atoms with Crippen molar-refractivity contribution in [2.75, 3.05) is 12.3 Å². The SMILES string of the molecule is CC(O)CNC(=O)CSc1nncn1-c1ccc(C(C)C)cc1. The van der Waals surface area contributed by atoms with Crippen LogP contribution >= 0.6 is 11.8 Å². The van der Waals surface area contributed by atoms with E-state index in [4.69, 9.17) is 5.11 Å². The summed E-state index contributed by atoms with van der Waals surface area (Å²) < 4.78 is 1.86. The molecule has 1 amide bonds. The maximum Gasteiger partial charge on any atom is 0.230 e. The van der Waals surface area contributed by atoms with Gasteiger partial charge in [-0.3, -0.25) is 9.36 Å². The predicted octanol–water partition coefficient (Wildman–Crippen LogP) is 1.98. The van der Waals surface area contributed by atoms with Crippen molar-refractivity contribution >= 4 is 17.7 Å². The second kappa shape index (κ2) is 8.12. The van der Waals surface area contributed by atoms with Gasteiger partial charge in [0.25, 0.3) is 0 Å². The van der Waals surface area contributed by atoms with Gasteiger partial charge in [-0.25, -0.2) is 0 Å². The Morgan fingerprint density at radius 2 is 2.00 bits per heavy atom. The molecule has 1 aromatic carbocycles. The van der Waals surface area contributed by atoms with Crippen LogP contribution in [0.2, 0.25) is 0 Å². The van der Waals surface area contributed by atoms with Crippen LogP contribution in [-0.2, 0) is 4.79 Å². The van der Waals surface area contributed by atoms with E-state index in [1.807, 2.05) is 16.7 Å². The molecule has 0 spiro atoms. The van der Waals surface area contributed by atoms with Gasteiger partial charge in [-0.1, -0.05) is 37.7 Å². The maximum absolute atomic E-state index is 11.7. The van der Waals surface area contributed by atoms with Gasteiger partial charge in [0.2, 0.25) is 5.91 Å². The van der Waals surface area contributed by atoms with Gasteiger partial charge >= 0.3 is 0 Å². The largest absolute Gasteiger partial charge is 0.392 e. The maximum atomic E-state index is 11.7. The van der Waals surface area contributed by atoms with Crippen LogP contribution in [0.15, 0.2) is 35.7 Å². The minimum absolute atomic E-state index is 0.138. The Hall–Kier alpha value is -1.86. The standard InChI is InChI=1S/C16H22N4O2S/c1-11(2)13-4-6-14(7-5-13)20-10-18-19-16(20)23-9-15(22)17-8-12(3)21/h4-7,10-12,21H,8-9H2,1-3H3,(H,17,22). The Balaban J connectivity index is 2.00. The molecule has 0 aliphatic rings. The van der Waals surface area contributed by atoms with Crippen molar-refractivity contribution in [2.45, 2.75) is 37.9 Å². The van der Waals surface area contributed by atoms with E-state index in [1.54, 1.807) is 13.3 Å². The topological polar surface area (TPSA) is 80.0 Å². The first kappa shape index (κ1) is 17.5. The summed E-state index contributed by atoms with van der Waals surface area (Å²) >= 11 is 1.31. The number of thioether (sulfide) groups is 1. The first-order chi connectivity index (χ1) is 11.0. The van der Waals surface area contributed by atoms with Gasteiger partial charge in [0.15, 0.2) is 5.16 Å². The fourth-order valence-corrected chi connectivity index (χ4v) is 2.72. The van der Waals surface area contributed by atoms with Crippen molar-refractivity contribution in [3.63, 3.8) is 0 Å². The van der Waals surface area contributed by atoms with Gasteiger partial charge < -0.3 is 10.4 Å². The number of aliphatic hydroxyl groups is 1. The highest BCUT2D eigenvalue weighted by molar-refractivity contribution is 7.99. The number of carbonyl (C=O) groups excluding carboxylic acids is 1. The number of aliphatic hydroxyl groups excluding tert-OH is 1. The Bertz CT molecular complexity index is 638. The third kappa shape index (κ3) is 5.07. The molecule has 0 radical (unpaired) electrons. The molecule has 7 heteroatoms. The second-order valence-electron chi connectivity index (χ2n) is 5.67. The molecule has 0 fully saturated rings. The molecule has 2 N–H and O–H groups in total. The van der Waals surface area contributed by atoms with E-state index in [9.17, 15) is 4.79 Å². The summed E-state index contributed by atoms with van der Waals surface area (Å²) in [7, 11) is 0. The van der Waals surface area contributed by atoms with Crippen LogP contribution in [0.3, 0.4) is 0 Å². The van der Waals surface area contributed by atoms with Crippen molar-refractivity contribution in [1.29, 1.82) is 0 Å². The third-order valence-corrected chi connectivity index (χ3v) is 4.22. The quantitative estimate of drug-likeness (QED) is 0.757. The highest BCUT2D eigenvalue weighted by Crippen LogP contribution is 2.21. The molecule has 0 aliphatic carbocycles.